The van der Waals surface area contributed by atoms with E-state index in [4.69, 9.17) is 10.00 Å². The molecule has 0 aromatic carbocycles. The number of hydrogen-bond donors (Lipinski definition) is 1. The standard InChI is InChI=1S/C9H18N4O3S/c1-16-9-3-11-17(14,15)13-7-5-12(4-2-10)6-8-13/h11H,3-9H2,1H3. The van der Waals surface area contributed by atoms with Gasteiger partial charge >= 0.3 is 0 Å². The average molecular weight is 262 g/mol. The van der Waals surface area contributed by atoms with Crippen molar-refractivity contribution in [2.24, 2.45) is 0 Å². The quantitative estimate of drug-likeness (QED) is 0.470. The molecule has 98 valence electrons. The average Bonchev–Trinajstić information content (AvgIpc) is 2.30. The van der Waals surface area contributed by atoms with E-state index in [2.05, 4.69) is 10.8 Å². The molecule has 1 heterocycles. The Kier molecular flexibility index (Phi) is 5.80. The molecule has 1 aliphatic rings. The Hall–Kier alpha value is -0.720. The van der Waals surface area contributed by atoms with E-state index >= 15 is 0 Å². The molecule has 1 N–H and O–H groups in total. The van der Waals surface area contributed by atoms with Gasteiger partial charge in [0.2, 0.25) is 0 Å². The van der Waals surface area contributed by atoms with Crippen molar-refractivity contribution >= 4 is 10.2 Å². The predicted molar refractivity (Wildman–Crippen MR) is 62.4 cm³/mol. The highest BCUT2D eigenvalue weighted by Gasteiger charge is 2.25. The van der Waals surface area contributed by atoms with Gasteiger partial charge in [0.05, 0.1) is 19.2 Å². The van der Waals surface area contributed by atoms with Crippen molar-refractivity contribution < 1.29 is 13.2 Å². The van der Waals surface area contributed by atoms with Gasteiger partial charge in [0.1, 0.15) is 0 Å². The lowest BCUT2D eigenvalue weighted by atomic mass is 10.4. The van der Waals surface area contributed by atoms with Crippen molar-refractivity contribution in [3.05, 3.63) is 0 Å². The van der Waals surface area contributed by atoms with Crippen molar-refractivity contribution in [1.29, 1.82) is 5.26 Å². The fraction of sp³-hybridized carbons (Fsp3) is 0.889. The van der Waals surface area contributed by atoms with Crippen LogP contribution in [0.15, 0.2) is 0 Å². The fourth-order valence-electron chi connectivity index (χ4n) is 1.59. The summed E-state index contributed by atoms with van der Waals surface area (Å²) in [5, 5.41) is 8.54. The maximum Gasteiger partial charge on any atom is 0.279 e. The minimum Gasteiger partial charge on any atom is -0.383 e. The molecule has 0 aromatic rings. The summed E-state index contributed by atoms with van der Waals surface area (Å²) in [5.74, 6) is 0. The van der Waals surface area contributed by atoms with Crippen LogP contribution in [-0.4, -0.2) is 70.6 Å². The molecule has 0 aliphatic carbocycles. The molecule has 0 amide bonds. The molecule has 0 aromatic heterocycles. The zero-order valence-corrected chi connectivity index (χ0v) is 10.7. The SMILES string of the molecule is COCCNS(=O)(=O)N1CCN(CC#N)CC1. The molecule has 0 radical (unpaired) electrons. The topological polar surface area (TPSA) is 85.7 Å². The van der Waals surface area contributed by atoms with Gasteiger partial charge < -0.3 is 4.74 Å². The first-order valence-corrected chi connectivity index (χ1v) is 6.87. The zero-order valence-electron chi connectivity index (χ0n) is 9.92. The van der Waals surface area contributed by atoms with E-state index in [0.717, 1.165) is 0 Å². The Bertz CT molecular complexity index is 357. The van der Waals surface area contributed by atoms with Crippen LogP contribution in [0.3, 0.4) is 0 Å². The maximum absolute atomic E-state index is 11.8. The predicted octanol–water partition coefficient (Wildman–Crippen LogP) is -1.39. The molecule has 0 saturated carbocycles. The number of methoxy groups -OCH3 is 1. The smallest absolute Gasteiger partial charge is 0.279 e. The molecule has 0 atom stereocenters. The van der Waals surface area contributed by atoms with Crippen LogP contribution in [0.25, 0.3) is 0 Å². The number of piperazine rings is 1. The van der Waals surface area contributed by atoms with E-state index in [1.54, 1.807) is 0 Å². The highest BCUT2D eigenvalue weighted by Crippen LogP contribution is 2.05. The van der Waals surface area contributed by atoms with Crippen LogP contribution in [0, 0.1) is 11.3 Å². The van der Waals surface area contributed by atoms with Gasteiger partial charge in [0.25, 0.3) is 10.2 Å². The summed E-state index contributed by atoms with van der Waals surface area (Å²) >= 11 is 0. The summed E-state index contributed by atoms with van der Waals surface area (Å²) in [6, 6.07) is 2.06. The van der Waals surface area contributed by atoms with Crippen LogP contribution in [-0.2, 0) is 14.9 Å². The van der Waals surface area contributed by atoms with Crippen LogP contribution in [0.4, 0.5) is 0 Å². The molecule has 1 fully saturated rings. The lowest BCUT2D eigenvalue weighted by Gasteiger charge is -2.32. The second-order valence-corrected chi connectivity index (χ2v) is 5.48. The largest absolute Gasteiger partial charge is 0.383 e. The van der Waals surface area contributed by atoms with Crippen LogP contribution in [0.2, 0.25) is 0 Å². The summed E-state index contributed by atoms with van der Waals surface area (Å²) in [5.41, 5.74) is 0. The Morgan fingerprint density at radius 2 is 2.00 bits per heavy atom. The van der Waals surface area contributed by atoms with E-state index in [0.29, 0.717) is 39.3 Å². The molecule has 0 spiro atoms. The third kappa shape index (κ3) is 4.57. The highest BCUT2D eigenvalue weighted by molar-refractivity contribution is 7.87. The summed E-state index contributed by atoms with van der Waals surface area (Å²) < 4.78 is 32.3. The van der Waals surface area contributed by atoms with Crippen molar-refractivity contribution in [2.75, 3.05) is 53.0 Å². The third-order valence-corrected chi connectivity index (χ3v) is 4.17. The third-order valence-electron chi connectivity index (χ3n) is 2.56. The van der Waals surface area contributed by atoms with Gasteiger partial charge in [-0.1, -0.05) is 0 Å². The first-order valence-electron chi connectivity index (χ1n) is 5.43. The Morgan fingerprint density at radius 1 is 1.35 bits per heavy atom. The highest BCUT2D eigenvalue weighted by atomic mass is 32.2. The molecule has 1 aliphatic heterocycles. The van der Waals surface area contributed by atoms with E-state index in [-0.39, 0.29) is 6.54 Å². The van der Waals surface area contributed by atoms with Crippen molar-refractivity contribution in [3.63, 3.8) is 0 Å². The molecular formula is C9H18N4O3S. The Labute approximate surface area is 102 Å². The van der Waals surface area contributed by atoms with Gasteiger partial charge in [-0.05, 0) is 0 Å². The van der Waals surface area contributed by atoms with Crippen molar-refractivity contribution in [1.82, 2.24) is 13.9 Å². The van der Waals surface area contributed by atoms with Crippen molar-refractivity contribution in [2.45, 2.75) is 0 Å². The molecular weight excluding hydrogens is 244 g/mol. The Morgan fingerprint density at radius 3 is 2.53 bits per heavy atom. The van der Waals surface area contributed by atoms with E-state index in [1.165, 1.54) is 11.4 Å². The monoisotopic (exact) mass is 262 g/mol. The second-order valence-electron chi connectivity index (χ2n) is 3.73. The van der Waals surface area contributed by atoms with Crippen LogP contribution >= 0.6 is 0 Å². The number of nitriles is 1. The molecule has 0 bridgehead atoms. The Balaban J connectivity index is 2.39. The molecule has 0 unspecified atom stereocenters. The number of nitrogens with zero attached hydrogens (tertiary/aromatic N) is 3. The molecule has 17 heavy (non-hydrogen) atoms. The van der Waals surface area contributed by atoms with Crippen LogP contribution in [0.1, 0.15) is 0 Å². The zero-order chi connectivity index (χ0) is 12.7. The van der Waals surface area contributed by atoms with Gasteiger partial charge in [0.15, 0.2) is 0 Å². The van der Waals surface area contributed by atoms with E-state index in [9.17, 15) is 8.42 Å². The van der Waals surface area contributed by atoms with Gasteiger partial charge in [-0.15, -0.1) is 0 Å². The van der Waals surface area contributed by atoms with Gasteiger partial charge in [-0.25, -0.2) is 0 Å². The summed E-state index contributed by atoms with van der Waals surface area (Å²) in [7, 11) is -1.88. The van der Waals surface area contributed by atoms with E-state index < -0.39 is 10.2 Å². The minimum absolute atomic E-state index is 0.275. The molecule has 8 heteroatoms. The van der Waals surface area contributed by atoms with Crippen LogP contribution < -0.4 is 4.72 Å². The van der Waals surface area contributed by atoms with Gasteiger partial charge in [0, 0.05) is 39.8 Å². The van der Waals surface area contributed by atoms with Crippen molar-refractivity contribution in [3.8, 4) is 6.07 Å². The summed E-state index contributed by atoms with van der Waals surface area (Å²) in [6.45, 7) is 3.02. The maximum atomic E-state index is 11.8. The molecule has 1 rings (SSSR count). The summed E-state index contributed by atoms with van der Waals surface area (Å²) in [6.07, 6.45) is 0. The fourth-order valence-corrected chi connectivity index (χ4v) is 2.76. The lowest BCUT2D eigenvalue weighted by Crippen LogP contribution is -2.52. The number of hydrogen-bond acceptors (Lipinski definition) is 5. The number of rotatable bonds is 6. The first kappa shape index (κ1) is 14.3. The summed E-state index contributed by atoms with van der Waals surface area (Å²) in [4.78, 5) is 1.93. The van der Waals surface area contributed by atoms with Crippen LogP contribution in [0.5, 0.6) is 0 Å². The molecule has 1 saturated heterocycles. The van der Waals surface area contributed by atoms with E-state index in [1.807, 2.05) is 4.90 Å². The lowest BCUT2D eigenvalue weighted by molar-refractivity contribution is 0.196. The second kappa shape index (κ2) is 6.88. The van der Waals surface area contributed by atoms with Gasteiger partial charge in [-0.3, -0.25) is 4.90 Å². The number of nitrogens with one attached hydrogen (secondary N) is 1. The molecule has 7 nitrogen and oxygen atoms in total. The minimum atomic E-state index is -3.40. The normalized spacial score (nSPS) is 19.1. The van der Waals surface area contributed by atoms with Gasteiger partial charge in [-0.2, -0.15) is 22.7 Å². The number of ether oxygens (including phenoxy) is 1. The first-order chi connectivity index (χ1) is 8.10.